The number of morpholine rings is 1. The molecule has 0 bridgehead atoms. The van der Waals surface area contributed by atoms with E-state index in [4.69, 9.17) is 4.74 Å². The van der Waals surface area contributed by atoms with Crippen LogP contribution >= 0.6 is 0 Å². The van der Waals surface area contributed by atoms with Crippen molar-refractivity contribution in [1.82, 2.24) is 19.7 Å². The zero-order chi connectivity index (χ0) is 14.9. The van der Waals surface area contributed by atoms with Gasteiger partial charge in [-0.25, -0.2) is 0 Å². The Morgan fingerprint density at radius 1 is 1.23 bits per heavy atom. The van der Waals surface area contributed by atoms with Gasteiger partial charge in [0.1, 0.15) is 0 Å². The molecule has 1 aliphatic rings. The summed E-state index contributed by atoms with van der Waals surface area (Å²) < 4.78 is 7.40. The van der Waals surface area contributed by atoms with Crippen molar-refractivity contribution >= 4 is 10.9 Å². The van der Waals surface area contributed by atoms with Crippen molar-refractivity contribution in [2.75, 3.05) is 26.3 Å². The normalized spacial score (nSPS) is 17.9. The number of ether oxygens (including phenoxy) is 1. The van der Waals surface area contributed by atoms with Crippen molar-refractivity contribution in [3.63, 3.8) is 0 Å². The zero-order valence-corrected chi connectivity index (χ0v) is 12.7. The molecule has 1 aliphatic heterocycles. The molecule has 0 amide bonds. The summed E-state index contributed by atoms with van der Waals surface area (Å²) in [5.41, 5.74) is 3.72. The van der Waals surface area contributed by atoms with Gasteiger partial charge in [-0.2, -0.15) is 5.10 Å². The second-order valence-corrected chi connectivity index (χ2v) is 5.79. The van der Waals surface area contributed by atoms with Gasteiger partial charge in [0, 0.05) is 49.0 Å². The summed E-state index contributed by atoms with van der Waals surface area (Å²) in [6, 6.07) is 8.69. The Bertz CT molecular complexity index is 770. The number of benzene rings is 1. The average Bonchev–Trinajstić information content (AvgIpc) is 3.16. The third kappa shape index (κ3) is 2.32. The molecule has 22 heavy (non-hydrogen) atoms. The van der Waals surface area contributed by atoms with Crippen LogP contribution in [0, 0.1) is 0 Å². The van der Waals surface area contributed by atoms with E-state index in [0.717, 1.165) is 26.3 Å². The topological polar surface area (TPSA) is 46.1 Å². The zero-order valence-electron chi connectivity index (χ0n) is 12.7. The number of hydrogen-bond acceptors (Lipinski definition) is 3. The molecule has 1 N–H and O–H groups in total. The fourth-order valence-electron chi connectivity index (χ4n) is 3.32. The third-order valence-corrected chi connectivity index (χ3v) is 4.37. The Balaban J connectivity index is 1.82. The first-order chi connectivity index (χ1) is 10.8. The van der Waals surface area contributed by atoms with Crippen molar-refractivity contribution in [1.29, 1.82) is 0 Å². The van der Waals surface area contributed by atoms with Crippen molar-refractivity contribution in [3.05, 3.63) is 54.0 Å². The van der Waals surface area contributed by atoms with Crippen molar-refractivity contribution in [2.24, 2.45) is 7.05 Å². The van der Waals surface area contributed by atoms with E-state index in [1.54, 1.807) is 0 Å². The van der Waals surface area contributed by atoms with Crippen LogP contribution in [0.4, 0.5) is 0 Å². The highest BCUT2D eigenvalue weighted by Crippen LogP contribution is 2.33. The number of aromatic nitrogens is 3. The molecule has 0 spiro atoms. The van der Waals surface area contributed by atoms with Crippen molar-refractivity contribution in [2.45, 2.75) is 6.04 Å². The van der Waals surface area contributed by atoms with Crippen LogP contribution in [0.5, 0.6) is 0 Å². The van der Waals surface area contributed by atoms with Gasteiger partial charge in [0.15, 0.2) is 0 Å². The SMILES string of the molecule is Cn1cc(C(c2c[nH]c3ccccc23)N2CCOCC2)cn1. The molecule has 5 heteroatoms. The number of para-hydroxylation sites is 1. The molecule has 5 nitrogen and oxygen atoms in total. The lowest BCUT2D eigenvalue weighted by atomic mass is 9.98. The lowest BCUT2D eigenvalue weighted by molar-refractivity contribution is 0.0242. The fourth-order valence-corrected chi connectivity index (χ4v) is 3.32. The molecule has 0 aliphatic carbocycles. The van der Waals surface area contributed by atoms with E-state index in [0.29, 0.717) is 0 Å². The average molecular weight is 296 g/mol. The second kappa shape index (κ2) is 5.59. The Morgan fingerprint density at radius 2 is 2.05 bits per heavy atom. The van der Waals surface area contributed by atoms with Gasteiger partial charge in [0.25, 0.3) is 0 Å². The van der Waals surface area contributed by atoms with Crippen LogP contribution in [-0.4, -0.2) is 46.0 Å². The van der Waals surface area contributed by atoms with Crippen LogP contribution in [0.15, 0.2) is 42.9 Å². The fraction of sp³-hybridized carbons (Fsp3) is 0.353. The van der Waals surface area contributed by atoms with Gasteiger partial charge in [-0.3, -0.25) is 9.58 Å². The number of nitrogens with one attached hydrogen (secondary N) is 1. The Labute approximate surface area is 129 Å². The monoisotopic (exact) mass is 296 g/mol. The van der Waals surface area contributed by atoms with Gasteiger partial charge in [0.2, 0.25) is 0 Å². The molecule has 4 rings (SSSR count). The van der Waals surface area contributed by atoms with E-state index >= 15 is 0 Å². The van der Waals surface area contributed by atoms with Gasteiger partial charge >= 0.3 is 0 Å². The largest absolute Gasteiger partial charge is 0.379 e. The second-order valence-electron chi connectivity index (χ2n) is 5.79. The van der Waals surface area contributed by atoms with Gasteiger partial charge in [-0.05, 0) is 11.6 Å². The number of aryl methyl sites for hydroxylation is 1. The maximum absolute atomic E-state index is 5.53. The highest BCUT2D eigenvalue weighted by atomic mass is 16.5. The maximum atomic E-state index is 5.53. The smallest absolute Gasteiger partial charge is 0.0655 e. The molecular formula is C17H20N4O. The molecule has 1 unspecified atom stereocenters. The molecule has 1 aromatic carbocycles. The highest BCUT2D eigenvalue weighted by Gasteiger charge is 2.27. The van der Waals surface area contributed by atoms with Crippen molar-refractivity contribution in [3.8, 4) is 0 Å². The lowest BCUT2D eigenvalue weighted by Crippen LogP contribution is -2.39. The van der Waals surface area contributed by atoms with Crippen LogP contribution in [0.2, 0.25) is 0 Å². The number of H-pyrrole nitrogens is 1. The predicted molar refractivity (Wildman–Crippen MR) is 85.7 cm³/mol. The molecule has 3 aromatic rings. The van der Waals surface area contributed by atoms with E-state index < -0.39 is 0 Å². The molecule has 1 fully saturated rings. The summed E-state index contributed by atoms with van der Waals surface area (Å²) in [6.45, 7) is 3.47. The van der Waals surface area contributed by atoms with Crippen LogP contribution in [-0.2, 0) is 11.8 Å². The molecule has 114 valence electrons. The van der Waals surface area contributed by atoms with Crippen LogP contribution < -0.4 is 0 Å². The summed E-state index contributed by atoms with van der Waals surface area (Å²) in [4.78, 5) is 5.88. The first-order valence-corrected chi connectivity index (χ1v) is 7.69. The first kappa shape index (κ1) is 13.5. The van der Waals surface area contributed by atoms with Crippen LogP contribution in [0.25, 0.3) is 10.9 Å². The maximum Gasteiger partial charge on any atom is 0.0655 e. The minimum absolute atomic E-state index is 0.216. The van der Waals surface area contributed by atoms with Gasteiger partial charge < -0.3 is 9.72 Å². The minimum Gasteiger partial charge on any atom is -0.379 e. The number of hydrogen-bond donors (Lipinski definition) is 1. The van der Waals surface area contributed by atoms with E-state index in [1.165, 1.54) is 22.0 Å². The summed E-state index contributed by atoms with van der Waals surface area (Å²) in [5, 5.41) is 5.65. The minimum atomic E-state index is 0.216. The number of nitrogens with zero attached hydrogens (tertiary/aromatic N) is 3. The molecule has 1 saturated heterocycles. The standard InChI is InChI=1S/C17H20N4O/c1-20-12-13(10-19-20)17(21-6-8-22-9-7-21)15-11-18-16-5-3-2-4-14(15)16/h2-5,10-12,17-18H,6-9H2,1H3. The molecule has 0 saturated carbocycles. The van der Waals surface area contributed by atoms with E-state index in [-0.39, 0.29) is 6.04 Å². The van der Waals surface area contributed by atoms with Gasteiger partial charge in [-0.15, -0.1) is 0 Å². The number of rotatable bonds is 3. The molecule has 3 heterocycles. The number of fused-ring (bicyclic) bond motifs is 1. The lowest BCUT2D eigenvalue weighted by Gasteiger charge is -2.34. The molecule has 2 aromatic heterocycles. The predicted octanol–water partition coefficient (Wildman–Crippen LogP) is 2.32. The summed E-state index contributed by atoms with van der Waals surface area (Å²) in [7, 11) is 1.97. The van der Waals surface area contributed by atoms with Crippen LogP contribution in [0.3, 0.4) is 0 Å². The summed E-state index contributed by atoms with van der Waals surface area (Å²) in [5.74, 6) is 0. The van der Waals surface area contributed by atoms with Gasteiger partial charge in [-0.1, -0.05) is 18.2 Å². The molecule has 1 atom stereocenters. The number of aromatic amines is 1. The first-order valence-electron chi connectivity index (χ1n) is 7.69. The summed E-state index contributed by atoms with van der Waals surface area (Å²) >= 11 is 0. The van der Waals surface area contributed by atoms with Crippen molar-refractivity contribution < 1.29 is 4.74 Å². The highest BCUT2D eigenvalue weighted by molar-refractivity contribution is 5.84. The van der Waals surface area contributed by atoms with E-state index in [2.05, 4.69) is 51.6 Å². The van der Waals surface area contributed by atoms with Crippen LogP contribution in [0.1, 0.15) is 17.2 Å². The van der Waals surface area contributed by atoms with E-state index in [1.807, 2.05) is 17.9 Å². The Hall–Kier alpha value is -2.11. The summed E-state index contributed by atoms with van der Waals surface area (Å²) in [6.07, 6.45) is 6.22. The molecular weight excluding hydrogens is 276 g/mol. The molecule has 0 radical (unpaired) electrons. The van der Waals surface area contributed by atoms with Gasteiger partial charge in [0.05, 0.1) is 25.5 Å². The third-order valence-electron chi connectivity index (χ3n) is 4.37. The Kier molecular flexibility index (Phi) is 3.44. The Morgan fingerprint density at radius 3 is 2.82 bits per heavy atom. The van der Waals surface area contributed by atoms with E-state index in [9.17, 15) is 0 Å². The quantitative estimate of drug-likeness (QED) is 0.807.